The van der Waals surface area contributed by atoms with Crippen LogP contribution in [0.25, 0.3) is 0 Å². The van der Waals surface area contributed by atoms with Gasteiger partial charge in [-0.3, -0.25) is 9.58 Å². The Hall–Kier alpha value is -2.44. The van der Waals surface area contributed by atoms with Crippen LogP contribution in [0.2, 0.25) is 0 Å². The van der Waals surface area contributed by atoms with Gasteiger partial charge in [-0.2, -0.15) is 5.10 Å². The summed E-state index contributed by atoms with van der Waals surface area (Å²) in [7, 11) is 4.03. The Balaban J connectivity index is 1.50. The van der Waals surface area contributed by atoms with Crippen molar-refractivity contribution in [1.82, 2.24) is 24.2 Å². The van der Waals surface area contributed by atoms with Gasteiger partial charge in [0, 0.05) is 45.4 Å². The van der Waals surface area contributed by atoms with Crippen molar-refractivity contribution in [2.45, 2.75) is 25.6 Å². The summed E-state index contributed by atoms with van der Waals surface area (Å²) in [4.78, 5) is 7.06. The Labute approximate surface area is 154 Å². The van der Waals surface area contributed by atoms with Gasteiger partial charge in [-0.05, 0) is 5.56 Å². The van der Waals surface area contributed by atoms with Crippen LogP contribution in [0.4, 0.5) is 0 Å². The van der Waals surface area contributed by atoms with Crippen molar-refractivity contribution in [3.05, 3.63) is 71.6 Å². The minimum atomic E-state index is 0.204. The molecule has 4 rings (SSSR count). The second kappa shape index (κ2) is 7.43. The maximum absolute atomic E-state index is 6.11. The number of ether oxygens (including phenoxy) is 1. The molecular weight excluding hydrogens is 326 g/mol. The second-order valence-corrected chi connectivity index (χ2v) is 6.95. The minimum Gasteiger partial charge on any atom is -0.375 e. The fourth-order valence-corrected chi connectivity index (χ4v) is 3.71. The molecule has 1 atom stereocenters. The summed E-state index contributed by atoms with van der Waals surface area (Å²) < 4.78 is 10.1. The van der Waals surface area contributed by atoms with E-state index in [4.69, 9.17) is 4.74 Å². The summed E-state index contributed by atoms with van der Waals surface area (Å²) >= 11 is 0. The highest BCUT2D eigenvalue weighted by Gasteiger charge is 2.31. The molecule has 0 saturated heterocycles. The molecule has 26 heavy (non-hydrogen) atoms. The highest BCUT2D eigenvalue weighted by atomic mass is 16.5. The molecule has 0 radical (unpaired) electrons. The third-order valence-electron chi connectivity index (χ3n) is 4.99. The molecule has 0 spiro atoms. The quantitative estimate of drug-likeness (QED) is 0.684. The van der Waals surface area contributed by atoms with Gasteiger partial charge in [0.15, 0.2) is 0 Å². The van der Waals surface area contributed by atoms with Crippen LogP contribution in [0.1, 0.15) is 28.6 Å². The molecule has 6 nitrogen and oxygen atoms in total. The fraction of sp³-hybridized carbons (Fsp3) is 0.400. The smallest absolute Gasteiger partial charge is 0.0949 e. The number of fused-ring (bicyclic) bond motifs is 1. The number of benzene rings is 1. The highest BCUT2D eigenvalue weighted by Crippen LogP contribution is 2.30. The lowest BCUT2D eigenvalue weighted by Gasteiger charge is -2.35. The van der Waals surface area contributed by atoms with Crippen LogP contribution in [-0.2, 0) is 38.4 Å². The Bertz CT molecular complexity index is 854. The SMILES string of the molecule is Cn1cc(CN2CCc3ncn(C)c3[C@H]2COCc2ccccc2)cn1. The largest absolute Gasteiger partial charge is 0.375 e. The first-order chi connectivity index (χ1) is 12.7. The Morgan fingerprint density at radius 1 is 1.15 bits per heavy atom. The molecule has 1 aliphatic rings. The first-order valence-corrected chi connectivity index (χ1v) is 9.04. The first-order valence-electron chi connectivity index (χ1n) is 9.04. The van der Waals surface area contributed by atoms with E-state index in [1.807, 2.05) is 42.5 Å². The molecule has 0 aliphatic carbocycles. The van der Waals surface area contributed by atoms with E-state index in [-0.39, 0.29) is 6.04 Å². The minimum absolute atomic E-state index is 0.204. The van der Waals surface area contributed by atoms with E-state index < -0.39 is 0 Å². The lowest BCUT2D eigenvalue weighted by atomic mass is 10.0. The number of hydrogen-bond acceptors (Lipinski definition) is 4. The molecule has 1 aromatic carbocycles. The average molecular weight is 351 g/mol. The fourth-order valence-electron chi connectivity index (χ4n) is 3.71. The maximum atomic E-state index is 6.11. The van der Waals surface area contributed by atoms with Gasteiger partial charge in [0.05, 0.1) is 43.2 Å². The van der Waals surface area contributed by atoms with Crippen LogP contribution in [-0.4, -0.2) is 37.4 Å². The summed E-state index contributed by atoms with van der Waals surface area (Å²) in [6, 6.07) is 10.5. The zero-order valence-corrected chi connectivity index (χ0v) is 15.4. The topological polar surface area (TPSA) is 48.1 Å². The number of aryl methyl sites for hydroxylation is 2. The standard InChI is InChI=1S/C20H25N5O/c1-23-15-21-18-8-9-25(12-17-10-22-24(2)11-17)19(20(18)23)14-26-13-16-6-4-3-5-7-16/h3-7,10-11,15,19H,8-9,12-14H2,1-2H3/t19-/m1/s1. The Morgan fingerprint density at radius 2 is 2.00 bits per heavy atom. The lowest BCUT2D eigenvalue weighted by Crippen LogP contribution is -2.38. The summed E-state index contributed by atoms with van der Waals surface area (Å²) in [5.41, 5.74) is 4.90. The maximum Gasteiger partial charge on any atom is 0.0949 e. The van der Waals surface area contributed by atoms with Gasteiger partial charge in [0.2, 0.25) is 0 Å². The Kier molecular flexibility index (Phi) is 4.86. The van der Waals surface area contributed by atoms with E-state index >= 15 is 0 Å². The highest BCUT2D eigenvalue weighted by molar-refractivity contribution is 5.22. The van der Waals surface area contributed by atoms with Crippen LogP contribution < -0.4 is 0 Å². The molecule has 136 valence electrons. The predicted molar refractivity (Wildman–Crippen MR) is 99.4 cm³/mol. The van der Waals surface area contributed by atoms with Crippen LogP contribution >= 0.6 is 0 Å². The number of hydrogen-bond donors (Lipinski definition) is 0. The number of imidazole rings is 1. The lowest BCUT2D eigenvalue weighted by molar-refractivity contribution is 0.0378. The van der Waals surface area contributed by atoms with Crippen LogP contribution in [0, 0.1) is 0 Å². The van der Waals surface area contributed by atoms with Crippen molar-refractivity contribution in [2.75, 3.05) is 13.2 Å². The van der Waals surface area contributed by atoms with Crippen LogP contribution in [0.15, 0.2) is 49.1 Å². The first kappa shape index (κ1) is 17.0. The van der Waals surface area contributed by atoms with Crippen molar-refractivity contribution < 1.29 is 4.74 Å². The van der Waals surface area contributed by atoms with Gasteiger partial charge in [-0.1, -0.05) is 30.3 Å². The third-order valence-corrected chi connectivity index (χ3v) is 4.99. The van der Waals surface area contributed by atoms with E-state index in [1.165, 1.54) is 22.5 Å². The van der Waals surface area contributed by atoms with Gasteiger partial charge in [0.1, 0.15) is 0 Å². The summed E-state index contributed by atoms with van der Waals surface area (Å²) in [5, 5.41) is 4.30. The van der Waals surface area contributed by atoms with E-state index in [1.54, 1.807) is 0 Å². The molecule has 0 amide bonds. The molecule has 1 aliphatic heterocycles. The van der Waals surface area contributed by atoms with Gasteiger partial charge < -0.3 is 9.30 Å². The van der Waals surface area contributed by atoms with Crippen molar-refractivity contribution >= 4 is 0 Å². The summed E-state index contributed by atoms with van der Waals surface area (Å²) in [6.07, 6.45) is 6.93. The van der Waals surface area contributed by atoms with E-state index in [0.717, 1.165) is 19.5 Å². The second-order valence-electron chi connectivity index (χ2n) is 6.95. The normalized spacial score (nSPS) is 17.4. The number of aromatic nitrogens is 4. The van der Waals surface area contributed by atoms with E-state index in [0.29, 0.717) is 13.2 Å². The molecule has 2 aromatic heterocycles. The molecule has 0 N–H and O–H groups in total. The molecular formula is C20H25N5O. The third kappa shape index (κ3) is 3.57. The zero-order chi connectivity index (χ0) is 17.9. The molecule has 3 aromatic rings. The number of rotatable bonds is 6. The summed E-state index contributed by atoms with van der Waals surface area (Å²) in [5.74, 6) is 0. The van der Waals surface area contributed by atoms with Crippen molar-refractivity contribution in [2.24, 2.45) is 14.1 Å². The van der Waals surface area contributed by atoms with Crippen molar-refractivity contribution in [3.63, 3.8) is 0 Å². The van der Waals surface area contributed by atoms with Crippen LogP contribution in [0.5, 0.6) is 0 Å². The summed E-state index contributed by atoms with van der Waals surface area (Å²) in [6.45, 7) is 3.14. The van der Waals surface area contributed by atoms with Crippen molar-refractivity contribution in [1.29, 1.82) is 0 Å². The predicted octanol–water partition coefficient (Wildman–Crippen LogP) is 2.47. The zero-order valence-electron chi connectivity index (χ0n) is 15.4. The monoisotopic (exact) mass is 351 g/mol. The van der Waals surface area contributed by atoms with Crippen LogP contribution in [0.3, 0.4) is 0 Å². The van der Waals surface area contributed by atoms with Gasteiger partial charge in [-0.15, -0.1) is 0 Å². The van der Waals surface area contributed by atoms with Gasteiger partial charge in [0.25, 0.3) is 0 Å². The van der Waals surface area contributed by atoms with Gasteiger partial charge in [-0.25, -0.2) is 4.98 Å². The average Bonchev–Trinajstić information content (AvgIpc) is 3.23. The van der Waals surface area contributed by atoms with Gasteiger partial charge >= 0.3 is 0 Å². The van der Waals surface area contributed by atoms with Crippen molar-refractivity contribution in [3.8, 4) is 0 Å². The Morgan fingerprint density at radius 3 is 2.77 bits per heavy atom. The molecule has 6 heteroatoms. The molecule has 3 heterocycles. The molecule has 0 saturated carbocycles. The molecule has 0 fully saturated rings. The molecule has 0 bridgehead atoms. The number of nitrogens with zero attached hydrogens (tertiary/aromatic N) is 5. The molecule has 0 unspecified atom stereocenters. The van der Waals surface area contributed by atoms with E-state index in [2.05, 4.69) is 44.9 Å². The van der Waals surface area contributed by atoms with E-state index in [9.17, 15) is 0 Å².